The van der Waals surface area contributed by atoms with Crippen molar-refractivity contribution in [2.24, 2.45) is 0 Å². The van der Waals surface area contributed by atoms with Crippen LogP contribution in [0.15, 0.2) is 109 Å². The van der Waals surface area contributed by atoms with Gasteiger partial charge in [0.15, 0.2) is 0 Å². The van der Waals surface area contributed by atoms with Crippen LogP contribution >= 0.6 is 0 Å². The smallest absolute Gasteiger partial charge is 0.253 e. The predicted molar refractivity (Wildman–Crippen MR) is 162 cm³/mol. The van der Waals surface area contributed by atoms with Crippen molar-refractivity contribution >= 4 is 12.0 Å². The lowest BCUT2D eigenvalue weighted by atomic mass is 10.1. The third-order valence-electron chi connectivity index (χ3n) is 7.10. The summed E-state index contributed by atoms with van der Waals surface area (Å²) >= 11 is 0. The Morgan fingerprint density at radius 3 is 2.15 bits per heavy atom. The van der Waals surface area contributed by atoms with E-state index in [1.165, 1.54) is 11.1 Å². The first-order chi connectivity index (χ1) is 19.7. The molecule has 40 heavy (non-hydrogen) atoms. The normalized spacial score (nSPS) is 13.9. The van der Waals surface area contributed by atoms with Crippen molar-refractivity contribution < 1.29 is 14.3 Å². The number of amides is 1. The maximum Gasteiger partial charge on any atom is 0.253 e. The van der Waals surface area contributed by atoms with Gasteiger partial charge in [-0.3, -0.25) is 9.69 Å². The lowest BCUT2D eigenvalue weighted by molar-refractivity contribution is 0.0650. The highest BCUT2D eigenvalue weighted by Gasteiger charge is 2.22. The van der Waals surface area contributed by atoms with Gasteiger partial charge in [-0.2, -0.15) is 0 Å². The summed E-state index contributed by atoms with van der Waals surface area (Å²) in [5.74, 6) is 1.57. The minimum Gasteiger partial charge on any atom is -0.493 e. The number of ether oxygens (including phenoxy) is 2. The molecule has 4 aromatic rings. The third-order valence-corrected chi connectivity index (χ3v) is 7.10. The van der Waals surface area contributed by atoms with E-state index in [0.717, 1.165) is 42.3 Å². The van der Waals surface area contributed by atoms with Gasteiger partial charge >= 0.3 is 0 Å². The Morgan fingerprint density at radius 1 is 0.775 bits per heavy atom. The van der Waals surface area contributed by atoms with Gasteiger partial charge in [0.2, 0.25) is 0 Å². The Morgan fingerprint density at radius 2 is 1.45 bits per heavy atom. The molecular formula is C35H36N2O3. The Kier molecular flexibility index (Phi) is 9.28. The zero-order valence-electron chi connectivity index (χ0n) is 23.0. The summed E-state index contributed by atoms with van der Waals surface area (Å²) in [7, 11) is 0. The summed E-state index contributed by atoms with van der Waals surface area (Å²) in [4.78, 5) is 17.7. The van der Waals surface area contributed by atoms with Crippen LogP contribution in [0, 0.1) is 0 Å². The summed E-state index contributed by atoms with van der Waals surface area (Å²) in [6, 6.07) is 34.3. The van der Waals surface area contributed by atoms with Crippen molar-refractivity contribution in [3.63, 3.8) is 0 Å². The van der Waals surface area contributed by atoms with E-state index in [2.05, 4.69) is 53.5 Å². The number of piperazine rings is 1. The zero-order chi connectivity index (χ0) is 27.6. The van der Waals surface area contributed by atoms with E-state index in [4.69, 9.17) is 9.47 Å². The molecule has 0 aliphatic carbocycles. The largest absolute Gasteiger partial charge is 0.493 e. The molecule has 4 aromatic carbocycles. The Labute approximate surface area is 237 Å². The molecule has 1 amide bonds. The molecule has 5 nitrogen and oxygen atoms in total. The summed E-state index contributed by atoms with van der Waals surface area (Å²) in [6.07, 6.45) is 4.35. The van der Waals surface area contributed by atoms with Crippen LogP contribution in [0.4, 0.5) is 0 Å². The van der Waals surface area contributed by atoms with Crippen LogP contribution in [0.1, 0.15) is 28.4 Å². The van der Waals surface area contributed by atoms with Crippen molar-refractivity contribution in [3.8, 4) is 22.6 Å². The number of benzene rings is 4. The third kappa shape index (κ3) is 7.19. The minimum atomic E-state index is 0.0518. The van der Waals surface area contributed by atoms with E-state index < -0.39 is 0 Å². The molecule has 0 spiro atoms. The number of rotatable bonds is 10. The fourth-order valence-corrected chi connectivity index (χ4v) is 4.88. The van der Waals surface area contributed by atoms with Gasteiger partial charge in [0, 0.05) is 43.9 Å². The number of hydrogen-bond acceptors (Lipinski definition) is 4. The highest BCUT2D eigenvalue weighted by atomic mass is 16.5. The van der Waals surface area contributed by atoms with Crippen molar-refractivity contribution in [2.75, 3.05) is 39.3 Å². The average molecular weight is 533 g/mol. The van der Waals surface area contributed by atoms with Gasteiger partial charge in [0.05, 0.1) is 6.61 Å². The highest BCUT2D eigenvalue weighted by molar-refractivity contribution is 5.94. The van der Waals surface area contributed by atoms with Crippen LogP contribution < -0.4 is 9.47 Å². The molecule has 0 aromatic heterocycles. The van der Waals surface area contributed by atoms with Crippen molar-refractivity contribution in [1.29, 1.82) is 0 Å². The van der Waals surface area contributed by atoms with E-state index in [0.29, 0.717) is 31.9 Å². The van der Waals surface area contributed by atoms with Crippen LogP contribution in [0.3, 0.4) is 0 Å². The predicted octanol–water partition coefficient (Wildman–Crippen LogP) is 6.80. The van der Waals surface area contributed by atoms with Gasteiger partial charge in [0.1, 0.15) is 18.1 Å². The van der Waals surface area contributed by atoms with Gasteiger partial charge in [-0.05, 0) is 53.9 Å². The molecule has 1 heterocycles. The fraction of sp³-hybridized carbons (Fsp3) is 0.229. The van der Waals surface area contributed by atoms with E-state index in [1.807, 2.05) is 78.6 Å². The van der Waals surface area contributed by atoms with Crippen LogP contribution in [-0.2, 0) is 6.61 Å². The van der Waals surface area contributed by atoms with Crippen molar-refractivity contribution in [3.05, 3.63) is 126 Å². The number of carbonyl (C=O) groups excluding carboxylic acids is 1. The molecule has 1 fully saturated rings. The molecule has 0 radical (unpaired) electrons. The lowest BCUT2D eigenvalue weighted by Gasteiger charge is -2.34. The summed E-state index contributed by atoms with van der Waals surface area (Å²) in [5, 5.41) is 0. The highest BCUT2D eigenvalue weighted by Crippen LogP contribution is 2.26. The molecule has 0 atom stereocenters. The Hall–Kier alpha value is -4.35. The maximum atomic E-state index is 13.4. The van der Waals surface area contributed by atoms with E-state index >= 15 is 0 Å². The molecular weight excluding hydrogens is 496 g/mol. The van der Waals surface area contributed by atoms with Crippen molar-refractivity contribution in [2.45, 2.75) is 13.5 Å². The summed E-state index contributed by atoms with van der Waals surface area (Å²) in [6.45, 7) is 6.85. The molecule has 0 unspecified atom stereocenters. The molecule has 0 saturated carbocycles. The topological polar surface area (TPSA) is 42.0 Å². The van der Waals surface area contributed by atoms with Gasteiger partial charge in [-0.15, -0.1) is 0 Å². The zero-order valence-corrected chi connectivity index (χ0v) is 23.0. The second kappa shape index (κ2) is 13.6. The van der Waals surface area contributed by atoms with Crippen LogP contribution in [0.25, 0.3) is 17.2 Å². The number of nitrogens with zero attached hydrogens (tertiary/aromatic N) is 2. The molecule has 5 heteroatoms. The number of hydrogen-bond donors (Lipinski definition) is 0. The second-order valence-electron chi connectivity index (χ2n) is 9.84. The number of carbonyl (C=O) groups is 1. The van der Waals surface area contributed by atoms with Crippen LogP contribution in [-0.4, -0.2) is 55.0 Å². The van der Waals surface area contributed by atoms with E-state index in [1.54, 1.807) is 0 Å². The van der Waals surface area contributed by atoms with E-state index in [9.17, 15) is 4.79 Å². The first-order valence-electron chi connectivity index (χ1n) is 14.0. The van der Waals surface area contributed by atoms with E-state index in [-0.39, 0.29) is 5.91 Å². The lowest BCUT2D eigenvalue weighted by Crippen LogP contribution is -2.48. The molecule has 204 valence electrons. The summed E-state index contributed by atoms with van der Waals surface area (Å²) in [5.41, 5.74) is 5.05. The van der Waals surface area contributed by atoms with Gasteiger partial charge < -0.3 is 14.4 Å². The Bertz CT molecular complexity index is 1390. The Balaban J connectivity index is 1.18. The monoisotopic (exact) mass is 532 g/mol. The van der Waals surface area contributed by atoms with Crippen molar-refractivity contribution in [1.82, 2.24) is 9.80 Å². The maximum absolute atomic E-state index is 13.4. The first kappa shape index (κ1) is 27.2. The van der Waals surface area contributed by atoms with Gasteiger partial charge in [-0.25, -0.2) is 0 Å². The molecule has 0 bridgehead atoms. The fourth-order valence-electron chi connectivity index (χ4n) is 4.88. The molecule has 5 rings (SSSR count). The standard InChI is InChI=1S/C35H36N2O3/c1-2-39-34-20-17-31(26-32(34)27-40-33-18-15-30(16-19-33)29-13-7-4-8-14-29)35(38)37-24-22-36(23-25-37)21-9-12-28-10-5-3-6-11-28/h3-20,26H,2,21-25,27H2,1H3/b12-9+. The molecule has 0 N–H and O–H groups in total. The van der Waals surface area contributed by atoms with Crippen LogP contribution in [0.2, 0.25) is 0 Å². The molecule has 1 saturated heterocycles. The quantitative estimate of drug-likeness (QED) is 0.225. The van der Waals surface area contributed by atoms with Crippen LogP contribution in [0.5, 0.6) is 11.5 Å². The average Bonchev–Trinajstić information content (AvgIpc) is 3.02. The SMILES string of the molecule is CCOc1ccc(C(=O)N2CCN(C/C=C/c3ccccc3)CC2)cc1COc1ccc(-c2ccccc2)cc1. The molecule has 1 aliphatic heterocycles. The molecule has 1 aliphatic rings. The van der Waals surface area contributed by atoms with Gasteiger partial charge in [0.25, 0.3) is 5.91 Å². The minimum absolute atomic E-state index is 0.0518. The second-order valence-corrected chi connectivity index (χ2v) is 9.84. The first-order valence-corrected chi connectivity index (χ1v) is 14.0. The van der Waals surface area contributed by atoms with Gasteiger partial charge in [-0.1, -0.05) is 84.9 Å². The summed E-state index contributed by atoms with van der Waals surface area (Å²) < 4.78 is 12.0.